The molecule has 0 radical (unpaired) electrons. The maximum Gasteiger partial charge on any atom is 1.00 e. The number of imidazole rings is 1. The van der Waals surface area contributed by atoms with Crippen LogP contribution in [0.15, 0.2) is 36.8 Å². The van der Waals surface area contributed by atoms with Gasteiger partial charge in [-0.25, -0.2) is 9.97 Å². The van der Waals surface area contributed by atoms with Gasteiger partial charge in [0.25, 0.3) is 0 Å². The zero-order valence-corrected chi connectivity index (χ0v) is 13.1. The fourth-order valence-corrected chi connectivity index (χ4v) is 1.91. The number of pyridine rings is 1. The predicted octanol–water partition coefficient (Wildman–Crippen LogP) is -2.53. The first-order valence-electron chi connectivity index (χ1n) is 5.64. The molecule has 0 saturated heterocycles. The van der Waals surface area contributed by atoms with Gasteiger partial charge >= 0.3 is 29.6 Å². The quantitative estimate of drug-likeness (QED) is 0.482. The molecule has 0 aliphatic heterocycles. The molecular weight excluding hydrogens is 267 g/mol. The molecule has 94 valence electrons. The first kappa shape index (κ1) is 14.6. The van der Waals surface area contributed by atoms with E-state index in [4.69, 9.17) is 0 Å². The minimum atomic E-state index is -1.34. The molecule has 0 saturated carbocycles. The van der Waals surface area contributed by atoms with Gasteiger partial charge in [0.15, 0.2) is 5.65 Å². The topological polar surface area (TPSA) is 83.2 Å². The average molecular weight is 276 g/mol. The number of rotatable bonds is 2. The molecular formula is C13H9N4NaO2. The largest absolute Gasteiger partial charge is 1.00 e. The van der Waals surface area contributed by atoms with Crippen LogP contribution in [0.1, 0.15) is 16.2 Å². The van der Waals surface area contributed by atoms with Crippen molar-refractivity contribution < 1.29 is 39.5 Å². The zero-order chi connectivity index (χ0) is 13.4. The van der Waals surface area contributed by atoms with Gasteiger partial charge in [0.05, 0.1) is 17.4 Å². The summed E-state index contributed by atoms with van der Waals surface area (Å²) >= 11 is 0. The number of carbonyl (C=O) groups excluding carboxylic acids is 1. The Hall–Kier alpha value is -1.76. The third-order valence-corrected chi connectivity index (χ3v) is 2.81. The molecule has 0 bridgehead atoms. The predicted molar refractivity (Wildman–Crippen MR) is 65.3 cm³/mol. The summed E-state index contributed by atoms with van der Waals surface area (Å²) < 4.78 is 1.61. The zero-order valence-electron chi connectivity index (χ0n) is 11.1. The SMILES string of the molecule is Cc1cc(-c2ccccn2)nc2c(C(=O)[O-])ncn12.[Na+]. The summed E-state index contributed by atoms with van der Waals surface area (Å²) in [5, 5.41) is 11.0. The molecule has 0 atom stereocenters. The number of hydrogen-bond acceptors (Lipinski definition) is 5. The van der Waals surface area contributed by atoms with Crippen LogP contribution >= 0.6 is 0 Å². The Kier molecular flexibility index (Phi) is 4.17. The van der Waals surface area contributed by atoms with E-state index < -0.39 is 5.97 Å². The maximum absolute atomic E-state index is 11.0. The Morgan fingerprint density at radius 3 is 2.70 bits per heavy atom. The Labute approximate surface area is 136 Å². The van der Waals surface area contributed by atoms with Crippen LogP contribution in [0, 0.1) is 6.92 Å². The van der Waals surface area contributed by atoms with Crippen LogP contribution in [-0.4, -0.2) is 25.3 Å². The number of nitrogens with zero attached hydrogens (tertiary/aromatic N) is 4. The molecule has 0 aliphatic rings. The van der Waals surface area contributed by atoms with Crippen molar-refractivity contribution in [3.05, 3.63) is 48.2 Å². The van der Waals surface area contributed by atoms with Crippen molar-refractivity contribution in [1.29, 1.82) is 0 Å². The van der Waals surface area contributed by atoms with Gasteiger partial charge in [-0.3, -0.25) is 9.38 Å². The summed E-state index contributed by atoms with van der Waals surface area (Å²) in [7, 11) is 0. The number of fused-ring (bicyclic) bond motifs is 1. The van der Waals surface area contributed by atoms with Crippen molar-refractivity contribution in [2.45, 2.75) is 6.92 Å². The van der Waals surface area contributed by atoms with Crippen LogP contribution in [0.3, 0.4) is 0 Å². The van der Waals surface area contributed by atoms with Gasteiger partial charge in [0.1, 0.15) is 12.0 Å². The molecule has 0 aliphatic carbocycles. The van der Waals surface area contributed by atoms with Crippen molar-refractivity contribution in [2.75, 3.05) is 0 Å². The summed E-state index contributed by atoms with van der Waals surface area (Å²) in [6, 6.07) is 7.29. The Bertz CT molecular complexity index is 771. The van der Waals surface area contributed by atoms with Gasteiger partial charge in [-0.05, 0) is 25.1 Å². The normalized spacial score (nSPS) is 10.2. The second-order valence-corrected chi connectivity index (χ2v) is 4.07. The molecule has 0 N–H and O–H groups in total. The minimum Gasteiger partial charge on any atom is -0.543 e. The van der Waals surface area contributed by atoms with Crippen molar-refractivity contribution in [3.8, 4) is 11.4 Å². The Morgan fingerprint density at radius 2 is 2.05 bits per heavy atom. The van der Waals surface area contributed by atoms with Gasteiger partial charge in [0, 0.05) is 11.9 Å². The molecule has 6 nitrogen and oxygen atoms in total. The van der Waals surface area contributed by atoms with E-state index in [2.05, 4.69) is 15.0 Å². The first-order valence-corrected chi connectivity index (χ1v) is 5.64. The summed E-state index contributed by atoms with van der Waals surface area (Å²) in [5.74, 6) is -1.34. The molecule has 3 aromatic heterocycles. The van der Waals surface area contributed by atoms with Gasteiger partial charge in [0.2, 0.25) is 0 Å². The smallest absolute Gasteiger partial charge is 0.543 e. The van der Waals surface area contributed by atoms with Crippen LogP contribution in [0.5, 0.6) is 0 Å². The fourth-order valence-electron chi connectivity index (χ4n) is 1.91. The number of hydrogen-bond donors (Lipinski definition) is 0. The van der Waals surface area contributed by atoms with E-state index in [0.29, 0.717) is 11.4 Å². The van der Waals surface area contributed by atoms with E-state index in [-0.39, 0.29) is 40.9 Å². The van der Waals surface area contributed by atoms with Crippen LogP contribution < -0.4 is 34.7 Å². The maximum atomic E-state index is 11.0. The number of carboxylic acids is 1. The summed E-state index contributed by atoms with van der Waals surface area (Å²) in [6.07, 6.45) is 3.08. The third kappa shape index (κ3) is 2.45. The molecule has 7 heteroatoms. The van der Waals surface area contributed by atoms with E-state index >= 15 is 0 Å². The molecule has 0 unspecified atom stereocenters. The van der Waals surface area contributed by atoms with E-state index in [1.54, 1.807) is 16.7 Å². The van der Waals surface area contributed by atoms with Crippen molar-refractivity contribution in [2.24, 2.45) is 0 Å². The van der Waals surface area contributed by atoms with Gasteiger partial charge in [-0.1, -0.05) is 6.07 Å². The van der Waals surface area contributed by atoms with Crippen LogP contribution in [0.4, 0.5) is 0 Å². The van der Waals surface area contributed by atoms with Crippen LogP contribution in [0.25, 0.3) is 17.0 Å². The van der Waals surface area contributed by atoms with Gasteiger partial charge in [-0.15, -0.1) is 0 Å². The second kappa shape index (κ2) is 5.70. The molecule has 3 aromatic rings. The molecule has 20 heavy (non-hydrogen) atoms. The number of aromatic nitrogens is 4. The molecule has 3 rings (SSSR count). The average Bonchev–Trinajstić information content (AvgIpc) is 2.84. The van der Waals surface area contributed by atoms with Crippen LogP contribution in [0.2, 0.25) is 0 Å². The van der Waals surface area contributed by atoms with E-state index in [0.717, 1.165) is 5.69 Å². The number of aryl methyl sites for hydroxylation is 1. The molecule has 0 aromatic carbocycles. The number of aromatic carboxylic acids is 1. The van der Waals surface area contributed by atoms with Crippen molar-refractivity contribution in [1.82, 2.24) is 19.4 Å². The summed E-state index contributed by atoms with van der Waals surface area (Å²) in [5.41, 5.74) is 2.21. The minimum absolute atomic E-state index is 0. The van der Waals surface area contributed by atoms with E-state index in [1.165, 1.54) is 6.33 Å². The third-order valence-electron chi connectivity index (χ3n) is 2.81. The molecule has 0 amide bonds. The molecule has 3 heterocycles. The van der Waals surface area contributed by atoms with E-state index in [9.17, 15) is 9.90 Å². The summed E-state index contributed by atoms with van der Waals surface area (Å²) in [6.45, 7) is 1.85. The van der Waals surface area contributed by atoms with Crippen molar-refractivity contribution in [3.63, 3.8) is 0 Å². The van der Waals surface area contributed by atoms with Crippen LogP contribution in [-0.2, 0) is 0 Å². The first-order chi connectivity index (χ1) is 9.16. The number of carbonyl (C=O) groups is 1. The summed E-state index contributed by atoms with van der Waals surface area (Å²) in [4.78, 5) is 23.3. The van der Waals surface area contributed by atoms with Crippen molar-refractivity contribution >= 4 is 11.6 Å². The molecule has 0 spiro atoms. The van der Waals surface area contributed by atoms with Gasteiger partial charge in [-0.2, -0.15) is 0 Å². The van der Waals surface area contributed by atoms with E-state index in [1.807, 2.05) is 25.1 Å². The van der Waals surface area contributed by atoms with Gasteiger partial charge < -0.3 is 9.90 Å². The second-order valence-electron chi connectivity index (χ2n) is 4.07. The standard InChI is InChI=1S/C13H10N4O2.Na/c1-8-6-10(9-4-2-3-5-14-9)16-12-11(13(18)19)15-7-17(8)12;/h2-7H,1H3,(H,18,19);/q;+1/p-1. The fraction of sp³-hybridized carbons (Fsp3) is 0.0769. The number of carboxylic acid groups (broad SMARTS) is 1. The Balaban J connectivity index is 0.00000147. The molecule has 0 fully saturated rings. The monoisotopic (exact) mass is 276 g/mol. The Morgan fingerprint density at radius 1 is 1.25 bits per heavy atom.